The highest BCUT2D eigenvalue weighted by molar-refractivity contribution is 5.92. The molecule has 0 aliphatic carbocycles. The highest BCUT2D eigenvalue weighted by Gasteiger charge is 2.12. The molecular formula is C21H20N6. The van der Waals surface area contributed by atoms with E-state index in [2.05, 4.69) is 60.9 Å². The number of aromatic nitrogens is 4. The number of piperazine rings is 1. The van der Waals surface area contributed by atoms with Gasteiger partial charge < -0.3 is 10.2 Å². The highest BCUT2D eigenvalue weighted by atomic mass is 15.2. The lowest BCUT2D eigenvalue weighted by Gasteiger charge is -2.29. The molecule has 4 aromatic rings. The van der Waals surface area contributed by atoms with E-state index in [0.29, 0.717) is 0 Å². The standard InChI is InChI=1S/C21H20N6/c1-2-16-13-24-26-21(16)19(3-1)20-12-17(14-23-25-20)15-4-6-18(7-5-15)27-10-8-22-9-11-27/h1-7,12-14,22H,8-11H2,(H,24,26). The van der Waals surface area contributed by atoms with Gasteiger partial charge in [-0.25, -0.2) is 0 Å². The second-order valence-electron chi connectivity index (χ2n) is 6.75. The Bertz CT molecular complexity index is 1060. The SMILES string of the molecule is c1cc(-c2cc(-c3ccc(N4CCNCC4)cc3)cnn2)c2[nH]ncc2c1. The molecule has 0 radical (unpaired) electrons. The molecule has 6 heteroatoms. The molecule has 1 saturated heterocycles. The van der Waals surface area contributed by atoms with Crippen LogP contribution in [-0.2, 0) is 0 Å². The normalized spacial score (nSPS) is 14.6. The zero-order valence-electron chi connectivity index (χ0n) is 14.9. The molecule has 1 aliphatic rings. The lowest BCUT2D eigenvalue weighted by atomic mass is 10.0. The molecular weight excluding hydrogens is 336 g/mol. The summed E-state index contributed by atoms with van der Waals surface area (Å²) in [5.74, 6) is 0. The van der Waals surface area contributed by atoms with Crippen LogP contribution in [0.3, 0.4) is 0 Å². The van der Waals surface area contributed by atoms with E-state index in [1.807, 2.05) is 30.6 Å². The Morgan fingerprint density at radius 2 is 1.74 bits per heavy atom. The van der Waals surface area contributed by atoms with Crippen molar-refractivity contribution in [2.24, 2.45) is 0 Å². The number of para-hydroxylation sites is 1. The van der Waals surface area contributed by atoms with Gasteiger partial charge in [0.2, 0.25) is 0 Å². The molecule has 0 saturated carbocycles. The van der Waals surface area contributed by atoms with Gasteiger partial charge in [-0.1, -0.05) is 30.3 Å². The maximum Gasteiger partial charge on any atom is 0.0957 e. The quantitative estimate of drug-likeness (QED) is 0.590. The van der Waals surface area contributed by atoms with Gasteiger partial charge >= 0.3 is 0 Å². The summed E-state index contributed by atoms with van der Waals surface area (Å²) in [6.45, 7) is 4.18. The number of rotatable bonds is 3. The molecule has 0 bridgehead atoms. The van der Waals surface area contributed by atoms with E-state index < -0.39 is 0 Å². The molecule has 0 atom stereocenters. The zero-order valence-corrected chi connectivity index (χ0v) is 14.9. The second kappa shape index (κ2) is 6.81. The number of fused-ring (bicyclic) bond motifs is 1. The molecule has 2 aromatic heterocycles. The van der Waals surface area contributed by atoms with Crippen LogP contribution in [0.1, 0.15) is 0 Å². The minimum absolute atomic E-state index is 0.841. The Labute approximate surface area is 157 Å². The third kappa shape index (κ3) is 3.04. The maximum atomic E-state index is 4.34. The van der Waals surface area contributed by atoms with Crippen molar-refractivity contribution in [3.8, 4) is 22.4 Å². The van der Waals surface area contributed by atoms with Crippen molar-refractivity contribution in [2.75, 3.05) is 31.1 Å². The number of anilines is 1. The molecule has 2 aromatic carbocycles. The summed E-state index contributed by atoms with van der Waals surface area (Å²) in [5, 5.41) is 20.2. The molecule has 2 N–H and O–H groups in total. The van der Waals surface area contributed by atoms with Gasteiger partial charge in [0.25, 0.3) is 0 Å². The van der Waals surface area contributed by atoms with Gasteiger partial charge in [0.1, 0.15) is 0 Å². The first-order valence-corrected chi connectivity index (χ1v) is 9.20. The molecule has 0 unspecified atom stereocenters. The van der Waals surface area contributed by atoms with Crippen LogP contribution in [0.4, 0.5) is 5.69 Å². The van der Waals surface area contributed by atoms with Crippen LogP contribution in [0, 0.1) is 0 Å². The van der Waals surface area contributed by atoms with Gasteiger partial charge in [0.15, 0.2) is 0 Å². The number of nitrogens with zero attached hydrogens (tertiary/aromatic N) is 4. The Balaban J connectivity index is 1.48. The molecule has 3 heterocycles. The molecule has 1 aliphatic heterocycles. The van der Waals surface area contributed by atoms with Crippen molar-refractivity contribution in [2.45, 2.75) is 0 Å². The van der Waals surface area contributed by atoms with E-state index in [-0.39, 0.29) is 0 Å². The first-order valence-electron chi connectivity index (χ1n) is 9.20. The van der Waals surface area contributed by atoms with Gasteiger partial charge in [-0.3, -0.25) is 5.10 Å². The van der Waals surface area contributed by atoms with Gasteiger partial charge in [-0.2, -0.15) is 15.3 Å². The predicted octanol–water partition coefficient (Wildman–Crippen LogP) is 3.10. The summed E-state index contributed by atoms with van der Waals surface area (Å²) in [6.07, 6.45) is 3.64. The van der Waals surface area contributed by atoms with Gasteiger partial charge in [0, 0.05) is 48.4 Å². The number of benzene rings is 2. The largest absolute Gasteiger partial charge is 0.369 e. The van der Waals surface area contributed by atoms with E-state index in [0.717, 1.165) is 59.5 Å². The Kier molecular flexibility index (Phi) is 4.03. The van der Waals surface area contributed by atoms with E-state index >= 15 is 0 Å². The first-order chi connectivity index (χ1) is 13.4. The molecule has 134 valence electrons. The minimum Gasteiger partial charge on any atom is -0.369 e. The van der Waals surface area contributed by atoms with E-state index in [9.17, 15) is 0 Å². The topological polar surface area (TPSA) is 69.7 Å². The average Bonchev–Trinajstić information content (AvgIpc) is 3.24. The van der Waals surface area contributed by atoms with Crippen LogP contribution in [0.15, 0.2) is 60.9 Å². The van der Waals surface area contributed by atoms with Gasteiger partial charge in [-0.15, -0.1) is 0 Å². The molecule has 5 rings (SSSR count). The summed E-state index contributed by atoms with van der Waals surface area (Å²) in [5.41, 5.74) is 6.30. The molecule has 0 amide bonds. The predicted molar refractivity (Wildman–Crippen MR) is 108 cm³/mol. The lowest BCUT2D eigenvalue weighted by Crippen LogP contribution is -2.43. The van der Waals surface area contributed by atoms with Crippen LogP contribution in [0.2, 0.25) is 0 Å². The third-order valence-corrected chi connectivity index (χ3v) is 5.09. The number of hydrogen-bond donors (Lipinski definition) is 2. The van der Waals surface area contributed by atoms with Crippen LogP contribution in [0.25, 0.3) is 33.3 Å². The van der Waals surface area contributed by atoms with Crippen LogP contribution in [0.5, 0.6) is 0 Å². The maximum absolute atomic E-state index is 4.34. The van der Waals surface area contributed by atoms with Gasteiger partial charge in [-0.05, 0) is 23.8 Å². The van der Waals surface area contributed by atoms with E-state index in [1.54, 1.807) is 0 Å². The van der Waals surface area contributed by atoms with Crippen molar-refractivity contribution in [1.82, 2.24) is 25.7 Å². The third-order valence-electron chi connectivity index (χ3n) is 5.09. The van der Waals surface area contributed by atoms with Crippen molar-refractivity contribution in [1.29, 1.82) is 0 Å². The highest BCUT2D eigenvalue weighted by Crippen LogP contribution is 2.29. The van der Waals surface area contributed by atoms with E-state index in [1.165, 1.54) is 5.69 Å². The molecule has 6 nitrogen and oxygen atoms in total. The Morgan fingerprint density at radius 3 is 2.59 bits per heavy atom. The van der Waals surface area contributed by atoms with Crippen molar-refractivity contribution < 1.29 is 0 Å². The number of hydrogen-bond acceptors (Lipinski definition) is 5. The smallest absolute Gasteiger partial charge is 0.0957 e. The number of nitrogens with one attached hydrogen (secondary N) is 2. The summed E-state index contributed by atoms with van der Waals surface area (Å²) in [7, 11) is 0. The van der Waals surface area contributed by atoms with Crippen molar-refractivity contribution in [3.63, 3.8) is 0 Å². The Morgan fingerprint density at radius 1 is 0.889 bits per heavy atom. The number of aromatic amines is 1. The lowest BCUT2D eigenvalue weighted by molar-refractivity contribution is 0.589. The second-order valence-corrected chi connectivity index (χ2v) is 6.75. The fourth-order valence-corrected chi connectivity index (χ4v) is 3.63. The molecule has 27 heavy (non-hydrogen) atoms. The number of H-pyrrole nitrogens is 1. The van der Waals surface area contributed by atoms with Crippen molar-refractivity contribution >= 4 is 16.6 Å². The zero-order chi connectivity index (χ0) is 18.1. The van der Waals surface area contributed by atoms with Crippen molar-refractivity contribution in [3.05, 3.63) is 60.9 Å². The van der Waals surface area contributed by atoms with Crippen LogP contribution < -0.4 is 10.2 Å². The summed E-state index contributed by atoms with van der Waals surface area (Å²) in [4.78, 5) is 2.41. The fraction of sp³-hybridized carbons (Fsp3) is 0.190. The molecule has 1 fully saturated rings. The monoisotopic (exact) mass is 356 g/mol. The van der Waals surface area contributed by atoms with Gasteiger partial charge in [0.05, 0.1) is 23.6 Å². The van der Waals surface area contributed by atoms with E-state index in [4.69, 9.17) is 0 Å². The fourth-order valence-electron chi connectivity index (χ4n) is 3.63. The van der Waals surface area contributed by atoms with Crippen LogP contribution in [-0.4, -0.2) is 46.6 Å². The first kappa shape index (κ1) is 16.0. The molecule has 0 spiro atoms. The minimum atomic E-state index is 0.841. The van der Waals surface area contributed by atoms with Crippen LogP contribution >= 0.6 is 0 Å². The summed E-state index contributed by atoms with van der Waals surface area (Å²) < 4.78 is 0. The summed E-state index contributed by atoms with van der Waals surface area (Å²) in [6, 6.07) is 16.9. The summed E-state index contributed by atoms with van der Waals surface area (Å²) >= 11 is 0. The Hall–Kier alpha value is -3.25. The average molecular weight is 356 g/mol.